The zero-order valence-corrected chi connectivity index (χ0v) is 9.12. The van der Waals surface area contributed by atoms with Crippen molar-refractivity contribution in [2.45, 2.75) is 0 Å². The van der Waals surface area contributed by atoms with Gasteiger partial charge in [-0.05, 0) is 6.07 Å². The van der Waals surface area contributed by atoms with Gasteiger partial charge in [-0.1, -0.05) is 42.5 Å². The standard InChI is InChI=1S/C11H9N3OS/c12-10(16)8-6-9(13-14-11(8)15)7-4-2-1-3-5-7/h1-6H,(H2,12,16)(H,14,15). The van der Waals surface area contributed by atoms with Crippen molar-refractivity contribution in [3.63, 3.8) is 0 Å². The van der Waals surface area contributed by atoms with Gasteiger partial charge in [0.05, 0.1) is 11.3 Å². The fraction of sp³-hybridized carbons (Fsp3) is 0. The predicted octanol–water partition coefficient (Wildman–Crippen LogP) is 1.07. The van der Waals surface area contributed by atoms with Gasteiger partial charge in [-0.3, -0.25) is 4.79 Å². The molecule has 0 spiro atoms. The van der Waals surface area contributed by atoms with Gasteiger partial charge in [0.1, 0.15) is 4.99 Å². The lowest BCUT2D eigenvalue weighted by Crippen LogP contribution is -2.23. The highest BCUT2D eigenvalue weighted by Crippen LogP contribution is 2.14. The topological polar surface area (TPSA) is 71.8 Å². The summed E-state index contributed by atoms with van der Waals surface area (Å²) in [6.07, 6.45) is 0. The molecule has 5 heteroatoms. The highest BCUT2D eigenvalue weighted by atomic mass is 32.1. The number of rotatable bonds is 2. The third-order valence-electron chi connectivity index (χ3n) is 2.14. The second-order valence-corrected chi connectivity index (χ2v) is 3.67. The fourth-order valence-corrected chi connectivity index (χ4v) is 1.50. The minimum Gasteiger partial charge on any atom is -0.389 e. The zero-order valence-electron chi connectivity index (χ0n) is 8.31. The van der Waals surface area contributed by atoms with Crippen molar-refractivity contribution in [1.82, 2.24) is 10.2 Å². The molecule has 0 aliphatic heterocycles. The molecular weight excluding hydrogens is 222 g/mol. The van der Waals surface area contributed by atoms with Crippen LogP contribution in [0.2, 0.25) is 0 Å². The van der Waals surface area contributed by atoms with Crippen LogP contribution in [0.5, 0.6) is 0 Å². The second kappa shape index (κ2) is 4.24. The van der Waals surface area contributed by atoms with E-state index >= 15 is 0 Å². The van der Waals surface area contributed by atoms with Gasteiger partial charge in [-0.2, -0.15) is 5.10 Å². The molecule has 0 unspecified atom stereocenters. The molecule has 1 aromatic carbocycles. The Bertz CT molecular complexity index is 577. The van der Waals surface area contributed by atoms with E-state index in [1.54, 1.807) is 6.07 Å². The Kier molecular flexibility index (Phi) is 2.78. The molecule has 0 aliphatic rings. The molecule has 4 nitrogen and oxygen atoms in total. The van der Waals surface area contributed by atoms with Crippen molar-refractivity contribution in [3.05, 3.63) is 52.3 Å². The molecule has 0 saturated heterocycles. The maximum absolute atomic E-state index is 11.4. The van der Waals surface area contributed by atoms with Crippen LogP contribution in [0, 0.1) is 0 Å². The van der Waals surface area contributed by atoms with Gasteiger partial charge >= 0.3 is 0 Å². The van der Waals surface area contributed by atoms with Gasteiger partial charge in [0.2, 0.25) is 0 Å². The van der Waals surface area contributed by atoms with E-state index in [1.165, 1.54) is 0 Å². The first kappa shape index (κ1) is 10.5. The predicted molar refractivity (Wildman–Crippen MR) is 66.2 cm³/mol. The summed E-state index contributed by atoms with van der Waals surface area (Å²) in [6, 6.07) is 11.1. The third kappa shape index (κ3) is 1.99. The molecule has 1 heterocycles. The molecule has 0 fully saturated rings. The van der Waals surface area contributed by atoms with E-state index in [4.69, 9.17) is 18.0 Å². The van der Waals surface area contributed by atoms with Crippen LogP contribution in [0.25, 0.3) is 11.3 Å². The van der Waals surface area contributed by atoms with Gasteiger partial charge in [-0.15, -0.1) is 0 Å². The van der Waals surface area contributed by atoms with Crippen molar-refractivity contribution >= 4 is 17.2 Å². The summed E-state index contributed by atoms with van der Waals surface area (Å²) < 4.78 is 0. The van der Waals surface area contributed by atoms with E-state index < -0.39 is 0 Å². The van der Waals surface area contributed by atoms with Crippen LogP contribution in [-0.2, 0) is 0 Å². The number of hydrogen-bond acceptors (Lipinski definition) is 3. The molecule has 2 aromatic rings. The molecular formula is C11H9N3OS. The molecule has 80 valence electrons. The van der Waals surface area contributed by atoms with E-state index in [0.717, 1.165) is 5.56 Å². The number of thiocarbonyl (C=S) groups is 1. The SMILES string of the molecule is NC(=S)c1cc(-c2ccccc2)n[nH]c1=O. The first-order valence-electron chi connectivity index (χ1n) is 4.63. The van der Waals surface area contributed by atoms with Crippen molar-refractivity contribution in [1.29, 1.82) is 0 Å². The lowest BCUT2D eigenvalue weighted by molar-refractivity contribution is 0.990. The van der Waals surface area contributed by atoms with Gasteiger partial charge in [0, 0.05) is 5.56 Å². The summed E-state index contributed by atoms with van der Waals surface area (Å²) in [7, 11) is 0. The number of hydrogen-bond donors (Lipinski definition) is 2. The van der Waals surface area contributed by atoms with Crippen LogP contribution in [0.4, 0.5) is 0 Å². The summed E-state index contributed by atoms with van der Waals surface area (Å²) in [5, 5.41) is 6.31. The van der Waals surface area contributed by atoms with Crippen LogP contribution >= 0.6 is 12.2 Å². The lowest BCUT2D eigenvalue weighted by atomic mass is 10.1. The monoisotopic (exact) mass is 231 g/mol. The molecule has 0 saturated carbocycles. The average Bonchev–Trinajstić information content (AvgIpc) is 2.30. The van der Waals surface area contributed by atoms with Crippen molar-refractivity contribution in [3.8, 4) is 11.3 Å². The number of aromatic amines is 1. The number of aromatic nitrogens is 2. The maximum atomic E-state index is 11.4. The molecule has 1 aromatic heterocycles. The first-order chi connectivity index (χ1) is 7.68. The highest BCUT2D eigenvalue weighted by Gasteiger charge is 2.06. The Labute approximate surface area is 97.1 Å². The van der Waals surface area contributed by atoms with Gasteiger partial charge in [0.15, 0.2) is 0 Å². The van der Waals surface area contributed by atoms with Crippen LogP contribution in [0.1, 0.15) is 5.56 Å². The number of nitrogens with two attached hydrogens (primary N) is 1. The van der Waals surface area contributed by atoms with Crippen molar-refractivity contribution in [2.24, 2.45) is 5.73 Å². The quantitative estimate of drug-likeness (QED) is 0.758. The maximum Gasteiger partial charge on any atom is 0.274 e. The number of nitrogens with one attached hydrogen (secondary N) is 1. The molecule has 0 radical (unpaired) electrons. The molecule has 0 amide bonds. The Hall–Kier alpha value is -2.01. The van der Waals surface area contributed by atoms with Gasteiger partial charge in [-0.25, -0.2) is 5.10 Å². The Morgan fingerprint density at radius 2 is 2.00 bits per heavy atom. The lowest BCUT2D eigenvalue weighted by Gasteiger charge is -2.01. The summed E-state index contributed by atoms with van der Waals surface area (Å²) in [4.78, 5) is 11.4. The molecule has 0 atom stereocenters. The van der Waals surface area contributed by atoms with Crippen LogP contribution < -0.4 is 11.3 Å². The summed E-state index contributed by atoms with van der Waals surface area (Å²) in [6.45, 7) is 0. The minimum atomic E-state index is -0.368. The van der Waals surface area contributed by atoms with Crippen molar-refractivity contribution < 1.29 is 0 Å². The van der Waals surface area contributed by atoms with Gasteiger partial charge < -0.3 is 5.73 Å². The number of benzene rings is 1. The average molecular weight is 231 g/mol. The summed E-state index contributed by atoms with van der Waals surface area (Å²) in [5.41, 5.74) is 6.90. The largest absolute Gasteiger partial charge is 0.389 e. The van der Waals surface area contributed by atoms with E-state index in [2.05, 4.69) is 10.2 Å². The second-order valence-electron chi connectivity index (χ2n) is 3.23. The third-order valence-corrected chi connectivity index (χ3v) is 2.36. The Balaban J connectivity index is 2.57. The van der Waals surface area contributed by atoms with Crippen LogP contribution in [0.15, 0.2) is 41.2 Å². The Morgan fingerprint density at radius 3 is 2.62 bits per heavy atom. The molecule has 16 heavy (non-hydrogen) atoms. The van der Waals surface area contributed by atoms with Crippen LogP contribution in [0.3, 0.4) is 0 Å². The van der Waals surface area contributed by atoms with Gasteiger partial charge in [0.25, 0.3) is 5.56 Å². The number of H-pyrrole nitrogens is 1. The van der Waals surface area contributed by atoms with E-state index in [1.807, 2.05) is 30.3 Å². The normalized spacial score (nSPS) is 10.0. The number of nitrogens with zero attached hydrogens (tertiary/aromatic N) is 1. The smallest absolute Gasteiger partial charge is 0.274 e. The highest BCUT2D eigenvalue weighted by molar-refractivity contribution is 7.80. The van der Waals surface area contributed by atoms with E-state index in [-0.39, 0.29) is 16.1 Å². The Morgan fingerprint density at radius 1 is 1.31 bits per heavy atom. The fourth-order valence-electron chi connectivity index (χ4n) is 1.35. The van der Waals surface area contributed by atoms with Crippen LogP contribution in [-0.4, -0.2) is 15.2 Å². The molecule has 0 aliphatic carbocycles. The zero-order chi connectivity index (χ0) is 11.5. The van der Waals surface area contributed by atoms with Crippen molar-refractivity contribution in [2.75, 3.05) is 0 Å². The molecule has 3 N–H and O–H groups in total. The summed E-state index contributed by atoms with van der Waals surface area (Å²) in [5.74, 6) is 0. The molecule has 2 rings (SSSR count). The first-order valence-corrected chi connectivity index (χ1v) is 5.04. The minimum absolute atomic E-state index is 0.0702. The molecule has 0 bridgehead atoms. The summed E-state index contributed by atoms with van der Waals surface area (Å²) >= 11 is 4.79. The van der Waals surface area contributed by atoms with E-state index in [9.17, 15) is 4.79 Å². The van der Waals surface area contributed by atoms with E-state index in [0.29, 0.717) is 5.69 Å².